The number of piperidine rings is 1. The Balaban J connectivity index is 2.34. The molecule has 0 N–H and O–H groups in total. The molecule has 0 saturated carbocycles. The highest BCUT2D eigenvalue weighted by atomic mass is 16.2. The lowest BCUT2D eigenvalue weighted by Gasteiger charge is -2.29. The van der Waals surface area contributed by atoms with Gasteiger partial charge in [0.1, 0.15) is 0 Å². The van der Waals surface area contributed by atoms with Crippen molar-refractivity contribution in [2.75, 3.05) is 32.7 Å². The van der Waals surface area contributed by atoms with Crippen LogP contribution in [0.2, 0.25) is 0 Å². The lowest BCUT2D eigenvalue weighted by atomic mass is 10.1. The van der Waals surface area contributed by atoms with Gasteiger partial charge in [0.15, 0.2) is 0 Å². The van der Waals surface area contributed by atoms with Gasteiger partial charge in [-0.2, -0.15) is 0 Å². The van der Waals surface area contributed by atoms with Gasteiger partial charge in [0, 0.05) is 19.5 Å². The Bertz CT molecular complexity index is 283. The van der Waals surface area contributed by atoms with Gasteiger partial charge in [-0.15, -0.1) is 0 Å². The predicted octanol–water partition coefficient (Wildman–Crippen LogP) is 3.78. The maximum Gasteiger partial charge on any atom is 0.222 e. The summed E-state index contributed by atoms with van der Waals surface area (Å²) in [6, 6.07) is 0. The van der Waals surface area contributed by atoms with E-state index in [4.69, 9.17) is 0 Å². The second-order valence-corrected chi connectivity index (χ2v) is 7.42. The van der Waals surface area contributed by atoms with Crippen molar-refractivity contribution < 1.29 is 4.79 Å². The van der Waals surface area contributed by atoms with E-state index >= 15 is 0 Å². The number of amides is 1. The lowest BCUT2D eigenvalue weighted by Crippen LogP contribution is -2.37. The average Bonchev–Trinajstić information content (AvgIpc) is 2.42. The number of likely N-dealkylation sites (tertiary alicyclic amines) is 1. The quantitative estimate of drug-likeness (QED) is 0.646. The van der Waals surface area contributed by atoms with Gasteiger partial charge >= 0.3 is 0 Å². The molecular weight excluding hydrogens is 260 g/mol. The number of carbonyl (C=O) groups excluding carboxylic acids is 1. The second kappa shape index (κ2) is 10.2. The fourth-order valence-corrected chi connectivity index (χ4v) is 2.92. The van der Waals surface area contributed by atoms with Crippen LogP contribution in [0, 0.1) is 11.8 Å². The van der Waals surface area contributed by atoms with E-state index in [1.807, 2.05) is 0 Å². The molecule has 21 heavy (non-hydrogen) atoms. The maximum atomic E-state index is 12.4. The van der Waals surface area contributed by atoms with Crippen molar-refractivity contribution in [3.8, 4) is 0 Å². The minimum atomic E-state index is 0.351. The Morgan fingerprint density at radius 1 is 1.00 bits per heavy atom. The smallest absolute Gasteiger partial charge is 0.222 e. The Hall–Kier alpha value is -0.570. The molecule has 0 radical (unpaired) electrons. The van der Waals surface area contributed by atoms with E-state index in [1.54, 1.807) is 0 Å². The van der Waals surface area contributed by atoms with E-state index in [1.165, 1.54) is 32.4 Å². The van der Waals surface area contributed by atoms with Crippen LogP contribution in [0.1, 0.15) is 66.2 Å². The summed E-state index contributed by atoms with van der Waals surface area (Å²) >= 11 is 0. The zero-order valence-corrected chi connectivity index (χ0v) is 14.7. The molecule has 0 atom stereocenters. The van der Waals surface area contributed by atoms with Crippen molar-refractivity contribution in [1.82, 2.24) is 9.80 Å². The van der Waals surface area contributed by atoms with E-state index in [0.29, 0.717) is 24.2 Å². The van der Waals surface area contributed by atoms with Crippen molar-refractivity contribution in [3.63, 3.8) is 0 Å². The first-order chi connectivity index (χ1) is 9.99. The summed E-state index contributed by atoms with van der Waals surface area (Å²) in [5.74, 6) is 1.48. The molecule has 0 aromatic heterocycles. The summed E-state index contributed by atoms with van der Waals surface area (Å²) in [6.07, 6.45) is 7.04. The summed E-state index contributed by atoms with van der Waals surface area (Å²) in [6.45, 7) is 14.3. The van der Waals surface area contributed by atoms with E-state index in [0.717, 1.165) is 32.5 Å². The minimum Gasteiger partial charge on any atom is -0.343 e. The number of carbonyl (C=O) groups is 1. The standard InChI is InChI=1S/C18H36N2O/c1-16(2)9-14-20(18(21)15-17(3)4)13-8-12-19-10-6-5-7-11-19/h16-17H,5-15H2,1-4H3. The van der Waals surface area contributed by atoms with Crippen molar-refractivity contribution in [3.05, 3.63) is 0 Å². The maximum absolute atomic E-state index is 12.4. The highest BCUT2D eigenvalue weighted by molar-refractivity contribution is 5.76. The zero-order chi connectivity index (χ0) is 15.7. The molecule has 1 heterocycles. The molecule has 124 valence electrons. The molecule has 0 aromatic carbocycles. The predicted molar refractivity (Wildman–Crippen MR) is 90.4 cm³/mol. The third-order valence-corrected chi connectivity index (χ3v) is 4.26. The molecule has 0 bridgehead atoms. The Morgan fingerprint density at radius 3 is 2.24 bits per heavy atom. The van der Waals surface area contributed by atoms with Gasteiger partial charge in [0.25, 0.3) is 0 Å². The molecule has 0 aliphatic carbocycles. The molecule has 1 fully saturated rings. The normalized spacial score (nSPS) is 16.7. The van der Waals surface area contributed by atoms with Crippen LogP contribution in [0.5, 0.6) is 0 Å². The van der Waals surface area contributed by atoms with Crippen LogP contribution in [-0.2, 0) is 4.79 Å². The summed E-state index contributed by atoms with van der Waals surface area (Å²) in [5.41, 5.74) is 0. The highest BCUT2D eigenvalue weighted by Crippen LogP contribution is 2.11. The molecule has 1 amide bonds. The Kier molecular flexibility index (Phi) is 8.98. The van der Waals surface area contributed by atoms with E-state index in [-0.39, 0.29) is 0 Å². The molecule has 3 nitrogen and oxygen atoms in total. The average molecular weight is 296 g/mol. The summed E-state index contributed by atoms with van der Waals surface area (Å²) in [7, 11) is 0. The second-order valence-electron chi connectivity index (χ2n) is 7.42. The number of hydrogen-bond donors (Lipinski definition) is 0. The molecule has 0 aromatic rings. The van der Waals surface area contributed by atoms with Crippen molar-refractivity contribution in [2.45, 2.75) is 66.2 Å². The van der Waals surface area contributed by atoms with Crippen LogP contribution in [0.3, 0.4) is 0 Å². The highest BCUT2D eigenvalue weighted by Gasteiger charge is 2.16. The SMILES string of the molecule is CC(C)CCN(CCCN1CCCCC1)C(=O)CC(C)C. The Morgan fingerprint density at radius 2 is 1.67 bits per heavy atom. The summed E-state index contributed by atoms with van der Waals surface area (Å²) in [5, 5.41) is 0. The topological polar surface area (TPSA) is 23.6 Å². The fourth-order valence-electron chi connectivity index (χ4n) is 2.92. The number of nitrogens with zero attached hydrogens (tertiary/aromatic N) is 2. The van der Waals surface area contributed by atoms with Gasteiger partial charge in [-0.1, -0.05) is 34.1 Å². The molecule has 0 spiro atoms. The number of hydrogen-bond acceptors (Lipinski definition) is 2. The van der Waals surface area contributed by atoms with Crippen molar-refractivity contribution in [2.24, 2.45) is 11.8 Å². The molecule has 1 rings (SSSR count). The Labute approximate surface area is 132 Å². The summed E-state index contributed by atoms with van der Waals surface area (Å²) in [4.78, 5) is 17.0. The van der Waals surface area contributed by atoms with Gasteiger partial charge < -0.3 is 9.80 Å². The molecular formula is C18H36N2O. The molecule has 1 aliphatic rings. The monoisotopic (exact) mass is 296 g/mol. The zero-order valence-electron chi connectivity index (χ0n) is 14.7. The van der Waals surface area contributed by atoms with Crippen molar-refractivity contribution in [1.29, 1.82) is 0 Å². The molecule has 3 heteroatoms. The van der Waals surface area contributed by atoms with Gasteiger partial charge in [0.2, 0.25) is 5.91 Å². The summed E-state index contributed by atoms with van der Waals surface area (Å²) < 4.78 is 0. The van der Waals surface area contributed by atoms with Crippen LogP contribution in [0.25, 0.3) is 0 Å². The largest absolute Gasteiger partial charge is 0.343 e. The van der Waals surface area contributed by atoms with Crippen LogP contribution in [0.15, 0.2) is 0 Å². The van der Waals surface area contributed by atoms with E-state index < -0.39 is 0 Å². The number of rotatable bonds is 9. The third kappa shape index (κ3) is 8.45. The van der Waals surface area contributed by atoms with Gasteiger partial charge in [-0.3, -0.25) is 4.79 Å². The first-order valence-electron chi connectivity index (χ1n) is 8.99. The third-order valence-electron chi connectivity index (χ3n) is 4.26. The molecule has 0 unspecified atom stereocenters. The minimum absolute atomic E-state index is 0.351. The van der Waals surface area contributed by atoms with Gasteiger partial charge in [-0.05, 0) is 57.2 Å². The van der Waals surface area contributed by atoms with Gasteiger partial charge in [0.05, 0.1) is 0 Å². The lowest BCUT2D eigenvalue weighted by molar-refractivity contribution is -0.132. The van der Waals surface area contributed by atoms with E-state index in [2.05, 4.69) is 37.5 Å². The molecule has 1 aliphatic heterocycles. The van der Waals surface area contributed by atoms with Crippen LogP contribution in [0.4, 0.5) is 0 Å². The van der Waals surface area contributed by atoms with Crippen LogP contribution in [-0.4, -0.2) is 48.4 Å². The first kappa shape index (κ1) is 18.5. The van der Waals surface area contributed by atoms with Crippen LogP contribution >= 0.6 is 0 Å². The van der Waals surface area contributed by atoms with Crippen molar-refractivity contribution >= 4 is 5.91 Å². The fraction of sp³-hybridized carbons (Fsp3) is 0.944. The van der Waals surface area contributed by atoms with Crippen LogP contribution < -0.4 is 0 Å². The molecule has 1 saturated heterocycles. The van der Waals surface area contributed by atoms with E-state index in [9.17, 15) is 4.79 Å². The first-order valence-corrected chi connectivity index (χ1v) is 8.99. The van der Waals surface area contributed by atoms with Gasteiger partial charge in [-0.25, -0.2) is 0 Å².